The SMILES string of the molecule is CC1(C)c2ccc(C(F)(F)F)cc2-n2c1cc1oc(=O)c(Sc3ccc(Cl)cc3)c(O)c1c2=O. The highest BCUT2D eigenvalue weighted by atomic mass is 35.5. The molecule has 0 amide bonds. The smallest absolute Gasteiger partial charge is 0.416 e. The fourth-order valence-corrected chi connectivity index (χ4v) is 5.17. The molecule has 4 aromatic rings. The Bertz CT molecular complexity index is 1600. The maximum absolute atomic E-state index is 13.5. The molecule has 0 saturated heterocycles. The molecule has 10 heteroatoms. The van der Waals surface area contributed by atoms with Crippen LogP contribution < -0.4 is 11.2 Å². The summed E-state index contributed by atoms with van der Waals surface area (Å²) in [5.74, 6) is -0.593. The van der Waals surface area contributed by atoms with Crippen molar-refractivity contribution in [3.63, 3.8) is 0 Å². The lowest BCUT2D eigenvalue weighted by atomic mass is 9.83. The van der Waals surface area contributed by atoms with Crippen LogP contribution in [0, 0.1) is 0 Å². The molecule has 0 unspecified atom stereocenters. The Morgan fingerprint density at radius 3 is 2.38 bits per heavy atom. The molecule has 0 atom stereocenters. The number of fused-ring (bicyclic) bond motifs is 4. The third-order valence-electron chi connectivity index (χ3n) is 5.93. The van der Waals surface area contributed by atoms with E-state index in [0.717, 1.165) is 28.5 Å². The number of halogens is 4. The fourth-order valence-electron chi connectivity index (χ4n) is 4.21. The molecule has 0 aliphatic carbocycles. The molecular formula is C24H15ClF3NO4S. The lowest BCUT2D eigenvalue weighted by Gasteiger charge is -2.20. The van der Waals surface area contributed by atoms with Gasteiger partial charge in [0.1, 0.15) is 15.9 Å². The van der Waals surface area contributed by atoms with Gasteiger partial charge in [-0.15, -0.1) is 0 Å². The van der Waals surface area contributed by atoms with Crippen molar-refractivity contribution in [2.24, 2.45) is 0 Å². The second-order valence-corrected chi connectivity index (χ2v) is 9.91. The van der Waals surface area contributed by atoms with Gasteiger partial charge in [0.2, 0.25) is 0 Å². The first-order valence-corrected chi connectivity index (χ1v) is 11.2. The topological polar surface area (TPSA) is 72.4 Å². The van der Waals surface area contributed by atoms with Crippen molar-refractivity contribution in [2.45, 2.75) is 35.2 Å². The monoisotopic (exact) mass is 505 g/mol. The van der Waals surface area contributed by atoms with Crippen LogP contribution >= 0.6 is 23.4 Å². The van der Waals surface area contributed by atoms with Crippen molar-refractivity contribution >= 4 is 34.3 Å². The highest BCUT2D eigenvalue weighted by Gasteiger charge is 2.40. The van der Waals surface area contributed by atoms with Crippen LogP contribution in [0.2, 0.25) is 5.02 Å². The van der Waals surface area contributed by atoms with Gasteiger partial charge in [0.05, 0.1) is 11.3 Å². The summed E-state index contributed by atoms with van der Waals surface area (Å²) in [5, 5.41) is 11.1. The average molecular weight is 506 g/mol. The maximum atomic E-state index is 13.5. The maximum Gasteiger partial charge on any atom is 0.416 e. The fraction of sp³-hybridized carbons (Fsp3) is 0.167. The molecule has 0 bridgehead atoms. The highest BCUT2D eigenvalue weighted by Crippen LogP contribution is 2.45. The van der Waals surface area contributed by atoms with Gasteiger partial charge in [0, 0.05) is 27.1 Å². The van der Waals surface area contributed by atoms with E-state index in [0.29, 0.717) is 21.2 Å². The number of benzene rings is 2. The summed E-state index contributed by atoms with van der Waals surface area (Å²) in [6.07, 6.45) is -4.60. The minimum Gasteiger partial charge on any atom is -0.505 e. The van der Waals surface area contributed by atoms with E-state index in [2.05, 4.69) is 0 Å². The number of hydrogen-bond donors (Lipinski definition) is 1. The third kappa shape index (κ3) is 3.33. The first-order valence-electron chi connectivity index (χ1n) is 10.0. The Morgan fingerprint density at radius 1 is 1.06 bits per heavy atom. The molecule has 0 fully saturated rings. The van der Waals surface area contributed by atoms with Gasteiger partial charge in [-0.05, 0) is 42.0 Å². The average Bonchev–Trinajstić information content (AvgIpc) is 2.98. The normalized spacial score (nSPS) is 14.3. The van der Waals surface area contributed by atoms with Crippen LogP contribution in [0.5, 0.6) is 5.75 Å². The van der Waals surface area contributed by atoms with E-state index in [1.54, 1.807) is 38.1 Å². The largest absolute Gasteiger partial charge is 0.505 e. The molecule has 1 N–H and O–H groups in total. The molecule has 2 aromatic carbocycles. The highest BCUT2D eigenvalue weighted by molar-refractivity contribution is 7.99. The number of nitrogens with zero attached hydrogens (tertiary/aromatic N) is 1. The second-order valence-electron chi connectivity index (χ2n) is 8.39. The van der Waals surface area contributed by atoms with Crippen molar-refractivity contribution in [1.82, 2.24) is 4.57 Å². The zero-order valence-electron chi connectivity index (χ0n) is 17.7. The molecule has 2 aromatic heterocycles. The minimum absolute atomic E-state index is 0.0687. The summed E-state index contributed by atoms with van der Waals surface area (Å²) in [6.45, 7) is 3.51. The predicted octanol–water partition coefficient (Wildman–Crippen LogP) is 6.11. The lowest BCUT2D eigenvalue weighted by molar-refractivity contribution is -0.137. The summed E-state index contributed by atoms with van der Waals surface area (Å²) in [4.78, 5) is 26.6. The van der Waals surface area contributed by atoms with Gasteiger partial charge in [0.25, 0.3) is 5.56 Å². The summed E-state index contributed by atoms with van der Waals surface area (Å²) in [5.41, 5.74) is -2.59. The Balaban J connectivity index is 1.78. The molecule has 3 heterocycles. The van der Waals surface area contributed by atoms with Crippen molar-refractivity contribution in [2.75, 3.05) is 0 Å². The van der Waals surface area contributed by atoms with Crippen LogP contribution in [0.3, 0.4) is 0 Å². The Kier molecular flexibility index (Phi) is 4.93. The van der Waals surface area contributed by atoms with Gasteiger partial charge in [0.15, 0.2) is 5.75 Å². The zero-order chi connectivity index (χ0) is 24.6. The Hall–Kier alpha value is -3.17. The Labute approximate surface area is 199 Å². The van der Waals surface area contributed by atoms with E-state index >= 15 is 0 Å². The number of pyridine rings is 1. The van der Waals surface area contributed by atoms with E-state index in [9.17, 15) is 27.9 Å². The van der Waals surface area contributed by atoms with Crippen molar-refractivity contribution < 1.29 is 22.7 Å². The number of aromatic nitrogens is 1. The van der Waals surface area contributed by atoms with E-state index in [-0.39, 0.29) is 21.6 Å². The molecule has 0 spiro atoms. The van der Waals surface area contributed by atoms with Crippen LogP contribution in [0.25, 0.3) is 16.7 Å². The standard InChI is InChI=1S/C24H15ClF3NO4S/c1-23(2)14-8-3-11(24(26,27)28)9-15(14)29-17(23)10-16-18(21(29)31)19(30)20(22(32)33-16)34-13-6-4-12(25)5-7-13/h3-10,30H,1-2H3. The summed E-state index contributed by atoms with van der Waals surface area (Å²) in [7, 11) is 0. The van der Waals surface area contributed by atoms with Gasteiger partial charge >= 0.3 is 11.8 Å². The number of aromatic hydroxyl groups is 1. The van der Waals surface area contributed by atoms with Crippen LogP contribution in [-0.4, -0.2) is 9.67 Å². The molecule has 1 aliphatic rings. The van der Waals surface area contributed by atoms with Crippen LogP contribution in [0.1, 0.15) is 30.7 Å². The van der Waals surface area contributed by atoms with Crippen LogP contribution in [-0.2, 0) is 11.6 Å². The van der Waals surface area contributed by atoms with Gasteiger partial charge in [-0.1, -0.05) is 43.3 Å². The van der Waals surface area contributed by atoms with E-state index in [1.165, 1.54) is 12.1 Å². The lowest BCUT2D eigenvalue weighted by Crippen LogP contribution is -2.24. The first-order chi connectivity index (χ1) is 15.9. The molecule has 5 rings (SSSR count). The van der Waals surface area contributed by atoms with Gasteiger partial charge in [-0.25, -0.2) is 4.79 Å². The minimum atomic E-state index is -4.60. The van der Waals surface area contributed by atoms with Crippen molar-refractivity contribution in [1.29, 1.82) is 0 Å². The first kappa shape index (κ1) is 22.6. The van der Waals surface area contributed by atoms with E-state index < -0.39 is 34.1 Å². The molecule has 1 aliphatic heterocycles. The predicted molar refractivity (Wildman–Crippen MR) is 122 cm³/mol. The summed E-state index contributed by atoms with van der Waals surface area (Å²) < 4.78 is 46.7. The van der Waals surface area contributed by atoms with Gasteiger partial charge in [-0.2, -0.15) is 13.2 Å². The third-order valence-corrected chi connectivity index (χ3v) is 7.25. The zero-order valence-corrected chi connectivity index (χ0v) is 19.2. The van der Waals surface area contributed by atoms with E-state index in [4.69, 9.17) is 16.0 Å². The second kappa shape index (κ2) is 7.41. The number of hydrogen-bond acceptors (Lipinski definition) is 5. The molecule has 5 nitrogen and oxygen atoms in total. The summed E-state index contributed by atoms with van der Waals surface area (Å²) >= 11 is 6.77. The number of rotatable bonds is 2. The van der Waals surface area contributed by atoms with Gasteiger partial charge in [-0.3, -0.25) is 9.36 Å². The molecule has 174 valence electrons. The molecule has 0 saturated carbocycles. The molecular weight excluding hydrogens is 491 g/mol. The Morgan fingerprint density at radius 2 is 1.74 bits per heavy atom. The van der Waals surface area contributed by atoms with Crippen LogP contribution in [0.15, 0.2) is 72.3 Å². The summed E-state index contributed by atoms with van der Waals surface area (Å²) in [6, 6.07) is 11.1. The van der Waals surface area contributed by atoms with Gasteiger partial charge < -0.3 is 9.52 Å². The van der Waals surface area contributed by atoms with E-state index in [1.807, 2.05) is 0 Å². The van der Waals surface area contributed by atoms with Crippen molar-refractivity contribution in [3.05, 3.63) is 91.1 Å². The molecule has 0 radical (unpaired) electrons. The van der Waals surface area contributed by atoms with Crippen LogP contribution in [0.4, 0.5) is 13.2 Å². The quantitative estimate of drug-likeness (QED) is 0.356. The van der Waals surface area contributed by atoms with Crippen molar-refractivity contribution in [3.8, 4) is 11.4 Å². The number of alkyl halides is 3. The molecule has 34 heavy (non-hydrogen) atoms.